The number of nitrogens with one attached hydrogen (secondary N) is 1. The van der Waals surface area contributed by atoms with Gasteiger partial charge in [0.05, 0.1) is 6.54 Å². The minimum absolute atomic E-state index is 0.107. The molecule has 29 heavy (non-hydrogen) atoms. The van der Waals surface area contributed by atoms with Gasteiger partial charge < -0.3 is 19.5 Å². The van der Waals surface area contributed by atoms with Crippen molar-refractivity contribution in [1.82, 2.24) is 5.32 Å². The zero-order valence-corrected chi connectivity index (χ0v) is 16.2. The van der Waals surface area contributed by atoms with E-state index < -0.39 is 6.10 Å². The Hall–Kier alpha value is -3.47. The zero-order chi connectivity index (χ0) is 20.1. The summed E-state index contributed by atoms with van der Waals surface area (Å²) >= 11 is 0. The fraction of sp³-hybridized carbons (Fsp3) is 0.208. The molecular weight excluding hydrogens is 366 g/mol. The number of para-hydroxylation sites is 2. The normalized spacial score (nSPS) is 15.7. The molecule has 0 bridgehead atoms. The number of hydrogen-bond acceptors (Lipinski definition) is 4. The van der Waals surface area contributed by atoms with Crippen LogP contribution >= 0.6 is 0 Å². The Morgan fingerprint density at radius 3 is 2.41 bits per heavy atom. The van der Waals surface area contributed by atoms with Gasteiger partial charge in [-0.05, 0) is 49.4 Å². The molecule has 5 nitrogen and oxygen atoms in total. The van der Waals surface area contributed by atoms with E-state index >= 15 is 0 Å². The average Bonchev–Trinajstić information content (AvgIpc) is 3.15. The molecule has 1 aliphatic rings. The average molecular weight is 389 g/mol. The van der Waals surface area contributed by atoms with E-state index in [2.05, 4.69) is 5.32 Å². The van der Waals surface area contributed by atoms with Gasteiger partial charge in [-0.3, -0.25) is 4.79 Å². The van der Waals surface area contributed by atoms with Crippen molar-refractivity contribution in [3.63, 3.8) is 0 Å². The molecule has 0 radical (unpaired) electrons. The molecule has 0 aliphatic carbocycles. The molecule has 148 valence electrons. The van der Waals surface area contributed by atoms with Crippen molar-refractivity contribution >= 4 is 5.91 Å². The van der Waals surface area contributed by atoms with E-state index in [0.717, 1.165) is 29.2 Å². The third kappa shape index (κ3) is 4.88. The van der Waals surface area contributed by atoms with Crippen LogP contribution in [0.4, 0.5) is 0 Å². The molecule has 0 saturated carbocycles. The van der Waals surface area contributed by atoms with Crippen molar-refractivity contribution in [3.05, 3.63) is 84.4 Å². The van der Waals surface area contributed by atoms with E-state index in [-0.39, 0.29) is 12.0 Å². The number of amides is 1. The van der Waals surface area contributed by atoms with Gasteiger partial charge in [-0.1, -0.05) is 36.4 Å². The number of rotatable bonds is 7. The van der Waals surface area contributed by atoms with Crippen LogP contribution in [0.2, 0.25) is 0 Å². The summed E-state index contributed by atoms with van der Waals surface area (Å²) in [6, 6.07) is 24.8. The number of benzene rings is 3. The predicted octanol–water partition coefficient (Wildman–Crippen LogP) is 4.37. The van der Waals surface area contributed by atoms with Crippen LogP contribution < -0.4 is 19.5 Å². The summed E-state index contributed by atoms with van der Waals surface area (Å²) in [6.45, 7) is 2.16. The first-order valence-electron chi connectivity index (χ1n) is 9.69. The summed E-state index contributed by atoms with van der Waals surface area (Å²) in [6.07, 6.45) is 0.0344. The summed E-state index contributed by atoms with van der Waals surface area (Å²) in [4.78, 5) is 12.3. The zero-order valence-electron chi connectivity index (χ0n) is 16.2. The monoisotopic (exact) mass is 389 g/mol. The van der Waals surface area contributed by atoms with Crippen LogP contribution in [-0.2, 0) is 11.2 Å². The molecule has 1 aliphatic heterocycles. The lowest BCUT2D eigenvalue weighted by Gasteiger charge is -2.16. The van der Waals surface area contributed by atoms with Crippen molar-refractivity contribution < 1.29 is 19.0 Å². The van der Waals surface area contributed by atoms with Gasteiger partial charge in [0.15, 0.2) is 6.10 Å². The lowest BCUT2D eigenvalue weighted by Crippen LogP contribution is -2.41. The molecule has 0 saturated heterocycles. The van der Waals surface area contributed by atoms with Gasteiger partial charge in [-0.15, -0.1) is 0 Å². The molecule has 4 rings (SSSR count). The maximum Gasteiger partial charge on any atom is 0.260 e. The molecule has 3 aromatic rings. The maximum atomic E-state index is 12.3. The summed E-state index contributed by atoms with van der Waals surface area (Å²) in [7, 11) is 0. The smallest absolute Gasteiger partial charge is 0.260 e. The molecule has 3 aromatic carbocycles. The molecule has 0 aromatic heterocycles. The van der Waals surface area contributed by atoms with E-state index in [4.69, 9.17) is 14.2 Å². The van der Waals surface area contributed by atoms with E-state index in [1.165, 1.54) is 0 Å². The molecule has 1 N–H and O–H groups in total. The van der Waals surface area contributed by atoms with Gasteiger partial charge in [0.25, 0.3) is 5.91 Å². The van der Waals surface area contributed by atoms with E-state index in [1.807, 2.05) is 78.9 Å². The van der Waals surface area contributed by atoms with Crippen LogP contribution in [0.25, 0.3) is 0 Å². The Balaban J connectivity index is 1.29. The summed E-state index contributed by atoms with van der Waals surface area (Å²) in [5.41, 5.74) is 1.08. The molecule has 5 heteroatoms. The first kappa shape index (κ1) is 18.9. The lowest BCUT2D eigenvalue weighted by atomic mass is 10.1. The molecule has 2 atom stereocenters. The Morgan fingerprint density at radius 1 is 1.00 bits per heavy atom. The van der Waals surface area contributed by atoms with E-state index in [9.17, 15) is 4.79 Å². The van der Waals surface area contributed by atoms with E-state index in [0.29, 0.717) is 12.3 Å². The van der Waals surface area contributed by atoms with Crippen LogP contribution in [0.1, 0.15) is 12.5 Å². The van der Waals surface area contributed by atoms with Gasteiger partial charge in [0.2, 0.25) is 0 Å². The highest BCUT2D eigenvalue weighted by molar-refractivity contribution is 5.80. The number of ether oxygens (including phenoxy) is 3. The van der Waals surface area contributed by atoms with Crippen LogP contribution in [0, 0.1) is 0 Å². The summed E-state index contributed by atoms with van der Waals surface area (Å²) in [5.74, 6) is 2.90. The van der Waals surface area contributed by atoms with Crippen molar-refractivity contribution in [1.29, 1.82) is 0 Å². The molecule has 0 spiro atoms. The van der Waals surface area contributed by atoms with Crippen molar-refractivity contribution in [2.75, 3.05) is 6.54 Å². The highest BCUT2D eigenvalue weighted by atomic mass is 16.5. The highest BCUT2D eigenvalue weighted by Crippen LogP contribution is 2.33. The van der Waals surface area contributed by atoms with Crippen LogP contribution in [0.3, 0.4) is 0 Å². The molecule has 0 fully saturated rings. The van der Waals surface area contributed by atoms with Gasteiger partial charge in [0.1, 0.15) is 29.1 Å². The minimum atomic E-state index is -0.577. The van der Waals surface area contributed by atoms with Gasteiger partial charge in [-0.2, -0.15) is 0 Å². The fourth-order valence-electron chi connectivity index (χ4n) is 3.21. The third-order valence-corrected chi connectivity index (χ3v) is 4.68. The SMILES string of the molecule is C[C@H](Oc1ccccc1)C(=O)NC[C@H]1Cc2cc(Oc3ccccc3)ccc2O1. The molecular formula is C24H23NO4. The number of carbonyl (C=O) groups excluding carboxylic acids is 1. The predicted molar refractivity (Wildman–Crippen MR) is 111 cm³/mol. The number of fused-ring (bicyclic) bond motifs is 1. The summed E-state index contributed by atoms with van der Waals surface area (Å²) < 4.78 is 17.5. The Bertz CT molecular complexity index is 959. The first-order chi connectivity index (χ1) is 14.2. The van der Waals surface area contributed by atoms with Crippen molar-refractivity contribution in [2.24, 2.45) is 0 Å². The largest absolute Gasteiger partial charge is 0.488 e. The number of hydrogen-bond donors (Lipinski definition) is 1. The third-order valence-electron chi connectivity index (χ3n) is 4.68. The second-order valence-corrected chi connectivity index (χ2v) is 6.95. The minimum Gasteiger partial charge on any atom is -0.488 e. The second kappa shape index (κ2) is 8.69. The summed E-state index contributed by atoms with van der Waals surface area (Å²) in [5, 5.41) is 2.91. The molecule has 1 heterocycles. The van der Waals surface area contributed by atoms with E-state index in [1.54, 1.807) is 6.92 Å². The van der Waals surface area contributed by atoms with Crippen molar-refractivity contribution in [2.45, 2.75) is 25.6 Å². The maximum absolute atomic E-state index is 12.3. The topological polar surface area (TPSA) is 56.8 Å². The molecule has 0 unspecified atom stereocenters. The Kier molecular flexibility index (Phi) is 5.66. The highest BCUT2D eigenvalue weighted by Gasteiger charge is 2.25. The Morgan fingerprint density at radius 2 is 1.69 bits per heavy atom. The van der Waals surface area contributed by atoms with Crippen LogP contribution in [-0.4, -0.2) is 24.7 Å². The van der Waals surface area contributed by atoms with Crippen LogP contribution in [0.5, 0.6) is 23.0 Å². The second-order valence-electron chi connectivity index (χ2n) is 6.95. The fourth-order valence-corrected chi connectivity index (χ4v) is 3.21. The standard InChI is InChI=1S/C24H23NO4/c1-17(27-19-8-4-2-5-9-19)24(26)25-16-22-15-18-14-21(12-13-23(18)29-22)28-20-10-6-3-7-11-20/h2-14,17,22H,15-16H2,1H3,(H,25,26)/t17-,22+/m0/s1. The van der Waals surface area contributed by atoms with Crippen LogP contribution in [0.15, 0.2) is 78.9 Å². The number of carbonyl (C=O) groups is 1. The Labute approximate surface area is 170 Å². The van der Waals surface area contributed by atoms with Gasteiger partial charge >= 0.3 is 0 Å². The van der Waals surface area contributed by atoms with Crippen molar-refractivity contribution in [3.8, 4) is 23.0 Å². The van der Waals surface area contributed by atoms with Gasteiger partial charge in [-0.25, -0.2) is 0 Å². The first-order valence-corrected chi connectivity index (χ1v) is 9.69. The van der Waals surface area contributed by atoms with Gasteiger partial charge in [0, 0.05) is 12.0 Å². The quantitative estimate of drug-likeness (QED) is 0.652. The lowest BCUT2D eigenvalue weighted by molar-refractivity contribution is -0.127. The molecule has 1 amide bonds.